The van der Waals surface area contributed by atoms with E-state index in [1.807, 2.05) is 13.0 Å². The van der Waals surface area contributed by atoms with Gasteiger partial charge in [0.25, 0.3) is 0 Å². The summed E-state index contributed by atoms with van der Waals surface area (Å²) in [5.41, 5.74) is 0.646. The number of aryl methyl sites for hydroxylation is 1. The molecule has 0 spiro atoms. The topological polar surface area (TPSA) is 18.5 Å². The van der Waals surface area contributed by atoms with Crippen molar-refractivity contribution in [2.24, 2.45) is 0 Å². The van der Waals surface area contributed by atoms with Gasteiger partial charge in [-0.3, -0.25) is 0 Å². The Morgan fingerprint density at radius 3 is 2.23 bits per heavy atom. The van der Waals surface area contributed by atoms with E-state index < -0.39 is 8.32 Å². The van der Waals surface area contributed by atoms with Crippen LogP contribution in [-0.4, -0.2) is 20.5 Å². The fourth-order valence-corrected chi connectivity index (χ4v) is 6.58. The molecule has 1 aliphatic rings. The van der Waals surface area contributed by atoms with Crippen molar-refractivity contribution in [1.29, 1.82) is 0 Å². The summed E-state index contributed by atoms with van der Waals surface area (Å²) in [6, 6.07) is 6.72. The van der Waals surface area contributed by atoms with Crippen molar-refractivity contribution in [2.75, 3.05) is 6.61 Å². The van der Waals surface area contributed by atoms with Crippen molar-refractivity contribution >= 4 is 24.2 Å². The van der Waals surface area contributed by atoms with Gasteiger partial charge in [0, 0.05) is 4.47 Å². The lowest BCUT2D eigenvalue weighted by Gasteiger charge is -2.33. The third kappa shape index (κ3) is 3.92. The minimum atomic E-state index is -1.65. The smallest absolute Gasteiger partial charge is 0.193 e. The maximum absolute atomic E-state index is 14.1. The number of ether oxygens (including phenoxy) is 1. The molecule has 0 radical (unpaired) electrons. The molecule has 0 unspecified atom stereocenters. The highest BCUT2D eigenvalue weighted by Gasteiger charge is 2.50. The van der Waals surface area contributed by atoms with Gasteiger partial charge in [0.15, 0.2) is 19.9 Å². The molecular formula is C17H26BrFO2Si. The first kappa shape index (κ1) is 18.0. The molecule has 0 heterocycles. The number of hydrogen-bond acceptors (Lipinski definition) is 2. The van der Waals surface area contributed by atoms with Crippen LogP contribution in [0.4, 0.5) is 4.39 Å². The molecule has 0 aromatic heterocycles. The first-order chi connectivity index (χ1) is 10.4. The molecule has 1 fully saturated rings. The van der Waals surface area contributed by atoms with Crippen molar-refractivity contribution in [2.45, 2.75) is 64.3 Å². The molecule has 5 heteroatoms. The number of rotatable bonds is 8. The van der Waals surface area contributed by atoms with E-state index in [0.29, 0.717) is 12.4 Å². The lowest BCUT2D eigenvalue weighted by molar-refractivity contribution is 0.0946. The van der Waals surface area contributed by atoms with Gasteiger partial charge >= 0.3 is 0 Å². The molecule has 124 valence electrons. The predicted octanol–water partition coefficient (Wildman–Crippen LogP) is 5.83. The molecule has 1 aliphatic carbocycles. The highest BCUT2D eigenvalue weighted by molar-refractivity contribution is 9.10. The molecule has 1 aromatic rings. The van der Waals surface area contributed by atoms with Crippen LogP contribution in [0.5, 0.6) is 5.75 Å². The number of halogens is 2. The van der Waals surface area contributed by atoms with E-state index in [9.17, 15) is 4.39 Å². The standard InChI is InChI=1S/C17H26BrFO2Si/c1-5-22(6-2,7-3)21-17(8-9-17)12-20-16-13(4)10-14(18)11-15(16)19/h10-11H,5-9,12H2,1-4H3. The van der Waals surface area contributed by atoms with Gasteiger partial charge in [0.2, 0.25) is 0 Å². The minimum Gasteiger partial charge on any atom is -0.487 e. The normalized spacial score (nSPS) is 16.6. The summed E-state index contributed by atoms with van der Waals surface area (Å²) < 4.78 is 27.2. The zero-order valence-electron chi connectivity index (χ0n) is 14.0. The highest BCUT2D eigenvalue weighted by atomic mass is 79.9. The Balaban J connectivity index is 2.05. The van der Waals surface area contributed by atoms with Gasteiger partial charge in [-0.15, -0.1) is 0 Å². The van der Waals surface area contributed by atoms with E-state index >= 15 is 0 Å². The van der Waals surface area contributed by atoms with E-state index in [0.717, 1.165) is 41.0 Å². The van der Waals surface area contributed by atoms with Crippen LogP contribution in [0.2, 0.25) is 18.1 Å². The maximum atomic E-state index is 14.1. The van der Waals surface area contributed by atoms with Gasteiger partial charge in [-0.2, -0.15) is 0 Å². The molecule has 0 bridgehead atoms. The summed E-state index contributed by atoms with van der Waals surface area (Å²) >= 11 is 3.30. The molecule has 0 N–H and O–H groups in total. The van der Waals surface area contributed by atoms with Crippen LogP contribution in [0.3, 0.4) is 0 Å². The summed E-state index contributed by atoms with van der Waals surface area (Å²) in [4.78, 5) is 0. The van der Waals surface area contributed by atoms with Crippen LogP contribution < -0.4 is 4.74 Å². The zero-order valence-corrected chi connectivity index (χ0v) is 16.6. The zero-order chi connectivity index (χ0) is 16.4. The first-order valence-corrected chi connectivity index (χ1v) is 11.5. The summed E-state index contributed by atoms with van der Waals surface area (Å²) in [6.07, 6.45) is 2.05. The Morgan fingerprint density at radius 1 is 1.18 bits per heavy atom. The number of benzene rings is 1. The Morgan fingerprint density at radius 2 is 1.77 bits per heavy atom. The fourth-order valence-electron chi connectivity index (χ4n) is 2.92. The highest BCUT2D eigenvalue weighted by Crippen LogP contribution is 2.45. The van der Waals surface area contributed by atoms with Gasteiger partial charge in [0.1, 0.15) is 6.61 Å². The van der Waals surface area contributed by atoms with Gasteiger partial charge in [0.05, 0.1) is 5.60 Å². The Labute approximate surface area is 142 Å². The van der Waals surface area contributed by atoms with Crippen molar-refractivity contribution < 1.29 is 13.6 Å². The van der Waals surface area contributed by atoms with E-state index in [1.54, 1.807) is 0 Å². The lowest BCUT2D eigenvalue weighted by Crippen LogP contribution is -2.43. The van der Waals surface area contributed by atoms with Crippen LogP contribution in [0.1, 0.15) is 39.2 Å². The van der Waals surface area contributed by atoms with Crippen LogP contribution in [0, 0.1) is 12.7 Å². The van der Waals surface area contributed by atoms with Crippen LogP contribution in [-0.2, 0) is 4.43 Å². The Kier molecular flexibility index (Phi) is 5.72. The summed E-state index contributed by atoms with van der Waals surface area (Å²) in [5.74, 6) is 0.0440. The molecule has 22 heavy (non-hydrogen) atoms. The monoisotopic (exact) mass is 388 g/mol. The largest absolute Gasteiger partial charge is 0.487 e. The minimum absolute atomic E-state index is 0.166. The summed E-state index contributed by atoms with van der Waals surface area (Å²) in [7, 11) is -1.65. The Bertz CT molecular complexity index is 496. The van der Waals surface area contributed by atoms with Crippen molar-refractivity contribution in [3.8, 4) is 5.75 Å². The fraction of sp³-hybridized carbons (Fsp3) is 0.647. The SMILES string of the molecule is CC[Si](CC)(CC)OC1(COc2c(C)cc(Br)cc2F)CC1. The quantitative estimate of drug-likeness (QED) is 0.521. The average Bonchev–Trinajstić information content (AvgIpc) is 3.24. The van der Waals surface area contributed by atoms with Gasteiger partial charge in [-0.25, -0.2) is 4.39 Å². The van der Waals surface area contributed by atoms with Crippen LogP contribution in [0.15, 0.2) is 16.6 Å². The molecular weight excluding hydrogens is 363 g/mol. The summed E-state index contributed by atoms with van der Waals surface area (Å²) in [5, 5.41) is 0. The third-order valence-corrected chi connectivity index (χ3v) is 10.0. The number of hydrogen-bond donors (Lipinski definition) is 0. The molecule has 2 rings (SSSR count). The second-order valence-electron chi connectivity index (χ2n) is 6.35. The van der Waals surface area contributed by atoms with E-state index in [4.69, 9.17) is 9.16 Å². The second kappa shape index (κ2) is 7.01. The first-order valence-electron chi connectivity index (χ1n) is 8.18. The van der Waals surface area contributed by atoms with Gasteiger partial charge in [-0.1, -0.05) is 36.7 Å². The molecule has 0 saturated heterocycles. The molecule has 1 aromatic carbocycles. The lowest BCUT2D eigenvalue weighted by atomic mass is 10.2. The molecule has 2 nitrogen and oxygen atoms in total. The second-order valence-corrected chi connectivity index (χ2v) is 12.0. The van der Waals surface area contributed by atoms with Crippen molar-refractivity contribution in [3.63, 3.8) is 0 Å². The molecule has 1 saturated carbocycles. The van der Waals surface area contributed by atoms with Crippen molar-refractivity contribution in [3.05, 3.63) is 28.0 Å². The average molecular weight is 389 g/mol. The van der Waals surface area contributed by atoms with Gasteiger partial charge in [-0.05, 0) is 55.6 Å². The van der Waals surface area contributed by atoms with Crippen LogP contribution in [0.25, 0.3) is 0 Å². The molecule has 0 aliphatic heterocycles. The van der Waals surface area contributed by atoms with E-state index in [2.05, 4.69) is 36.7 Å². The van der Waals surface area contributed by atoms with Gasteiger partial charge < -0.3 is 9.16 Å². The van der Waals surface area contributed by atoms with E-state index in [-0.39, 0.29) is 11.4 Å². The Hall–Kier alpha value is -0.393. The third-order valence-electron chi connectivity index (χ3n) is 4.85. The molecule has 0 atom stereocenters. The maximum Gasteiger partial charge on any atom is 0.193 e. The van der Waals surface area contributed by atoms with Crippen molar-refractivity contribution in [1.82, 2.24) is 0 Å². The summed E-state index contributed by atoms with van der Waals surface area (Å²) in [6.45, 7) is 9.02. The van der Waals surface area contributed by atoms with Crippen LogP contribution >= 0.6 is 15.9 Å². The molecule has 0 amide bonds. The van der Waals surface area contributed by atoms with E-state index in [1.165, 1.54) is 6.07 Å². The predicted molar refractivity (Wildman–Crippen MR) is 94.6 cm³/mol.